The Labute approximate surface area is 60.9 Å². The third kappa shape index (κ3) is 0.818. The third-order valence-corrected chi connectivity index (χ3v) is 1.72. The van der Waals surface area contributed by atoms with Crippen LogP contribution >= 0.6 is 0 Å². The van der Waals surface area contributed by atoms with E-state index in [-0.39, 0.29) is 0 Å². The molecule has 0 aromatic rings. The molecule has 0 aromatic heterocycles. The van der Waals surface area contributed by atoms with Crippen molar-refractivity contribution in [1.82, 2.24) is 5.23 Å². The molecule has 2 heteroatoms. The monoisotopic (exact) mass is 129 g/mol. The Kier molecular flexibility index (Phi) is 1.24. The Balaban J connectivity index is 2.34. The number of fused-ring (bicyclic) bond motifs is 1. The van der Waals surface area contributed by atoms with Crippen LogP contribution in [0.3, 0.4) is 0 Å². The minimum Gasteiger partial charge on any atom is -0.427 e. The minimum absolute atomic E-state index is 0.412. The zero-order valence-electron chi connectivity index (χ0n) is 5.62. The molecule has 0 radical (unpaired) electrons. The zero-order chi connectivity index (χ0) is 6.81. The summed E-state index contributed by atoms with van der Waals surface area (Å²) in [6.07, 6.45) is 12.4. The quantitative estimate of drug-likeness (QED) is 0.485. The average molecular weight is 129 g/mol. The van der Waals surface area contributed by atoms with Crippen molar-refractivity contribution in [2.75, 3.05) is 0 Å². The Morgan fingerprint density at radius 3 is 3.10 bits per heavy atom. The lowest BCUT2D eigenvalue weighted by atomic mass is 9.53. The lowest BCUT2D eigenvalue weighted by Gasteiger charge is -2.15. The molecule has 0 unspecified atom stereocenters. The lowest BCUT2D eigenvalue weighted by molar-refractivity contribution is 1.30. The van der Waals surface area contributed by atoms with Gasteiger partial charge >= 0.3 is 6.85 Å². The maximum absolute atomic E-state index is 3.23. The zero-order valence-corrected chi connectivity index (χ0v) is 5.62. The van der Waals surface area contributed by atoms with Gasteiger partial charge in [-0.2, -0.15) is 0 Å². The SMILES string of the molecule is C1=CNB2C=CC=CC2=C1. The minimum atomic E-state index is 0.412. The summed E-state index contributed by atoms with van der Waals surface area (Å²) in [5, 5.41) is 3.23. The van der Waals surface area contributed by atoms with E-state index in [1.165, 1.54) is 5.47 Å². The summed E-state index contributed by atoms with van der Waals surface area (Å²) in [5.74, 6) is 2.15. The first-order valence-corrected chi connectivity index (χ1v) is 3.44. The molecular weight excluding hydrogens is 121 g/mol. The van der Waals surface area contributed by atoms with E-state index in [1.807, 2.05) is 12.3 Å². The molecule has 0 saturated heterocycles. The van der Waals surface area contributed by atoms with E-state index in [9.17, 15) is 0 Å². The van der Waals surface area contributed by atoms with Crippen LogP contribution in [-0.2, 0) is 0 Å². The van der Waals surface area contributed by atoms with Crippen LogP contribution in [0.1, 0.15) is 0 Å². The maximum atomic E-state index is 3.23. The van der Waals surface area contributed by atoms with Crippen molar-refractivity contribution in [2.45, 2.75) is 0 Å². The topological polar surface area (TPSA) is 12.0 Å². The van der Waals surface area contributed by atoms with Gasteiger partial charge < -0.3 is 5.23 Å². The van der Waals surface area contributed by atoms with E-state index in [4.69, 9.17) is 0 Å². The van der Waals surface area contributed by atoms with E-state index in [0.29, 0.717) is 6.85 Å². The van der Waals surface area contributed by atoms with Crippen molar-refractivity contribution in [2.24, 2.45) is 0 Å². The Morgan fingerprint density at radius 1 is 1.20 bits per heavy atom. The third-order valence-electron chi connectivity index (χ3n) is 1.72. The highest BCUT2D eigenvalue weighted by Crippen LogP contribution is 2.10. The molecule has 2 heterocycles. The molecule has 10 heavy (non-hydrogen) atoms. The van der Waals surface area contributed by atoms with Crippen molar-refractivity contribution >= 4 is 6.85 Å². The first-order valence-electron chi connectivity index (χ1n) is 3.44. The van der Waals surface area contributed by atoms with E-state index >= 15 is 0 Å². The molecule has 2 aliphatic rings. The fourth-order valence-corrected chi connectivity index (χ4v) is 1.19. The first kappa shape index (κ1) is 5.60. The second-order valence-corrected chi connectivity index (χ2v) is 2.41. The van der Waals surface area contributed by atoms with Gasteiger partial charge in [-0.25, -0.2) is 0 Å². The van der Waals surface area contributed by atoms with Crippen LogP contribution in [0.2, 0.25) is 0 Å². The number of hydrogen-bond donors (Lipinski definition) is 1. The summed E-state index contributed by atoms with van der Waals surface area (Å²) in [7, 11) is 0. The largest absolute Gasteiger partial charge is 0.427 e. The first-order chi connectivity index (χ1) is 4.97. The van der Waals surface area contributed by atoms with Gasteiger partial charge in [-0.1, -0.05) is 35.8 Å². The molecule has 0 aliphatic carbocycles. The summed E-state index contributed by atoms with van der Waals surface area (Å²) >= 11 is 0. The fraction of sp³-hybridized carbons (Fsp3) is 0. The fourth-order valence-electron chi connectivity index (χ4n) is 1.19. The van der Waals surface area contributed by atoms with E-state index in [0.717, 1.165) is 0 Å². The van der Waals surface area contributed by atoms with Crippen molar-refractivity contribution in [1.29, 1.82) is 0 Å². The molecule has 0 amide bonds. The van der Waals surface area contributed by atoms with Gasteiger partial charge in [0.25, 0.3) is 0 Å². The molecule has 2 aliphatic heterocycles. The summed E-state index contributed by atoms with van der Waals surface area (Å²) < 4.78 is 0. The smallest absolute Gasteiger partial charge is 0.312 e. The molecule has 1 nitrogen and oxygen atoms in total. The average Bonchev–Trinajstić information content (AvgIpc) is 2.05. The van der Waals surface area contributed by atoms with Gasteiger partial charge in [0.1, 0.15) is 0 Å². The molecule has 0 aromatic carbocycles. The highest BCUT2D eigenvalue weighted by molar-refractivity contribution is 6.71. The standard InChI is InChI=1S/C8H8BN/c1-2-6-9-8(4-1)5-3-7-10-9/h1-7,10H. The summed E-state index contributed by atoms with van der Waals surface area (Å²) in [4.78, 5) is 0. The van der Waals surface area contributed by atoms with Gasteiger partial charge in [0.05, 0.1) is 0 Å². The van der Waals surface area contributed by atoms with E-state index < -0.39 is 0 Å². The van der Waals surface area contributed by atoms with Crippen LogP contribution < -0.4 is 5.23 Å². The highest BCUT2D eigenvalue weighted by atomic mass is 14.7. The molecule has 0 spiro atoms. The van der Waals surface area contributed by atoms with Crippen molar-refractivity contribution in [3.63, 3.8) is 0 Å². The molecule has 1 N–H and O–H groups in total. The van der Waals surface area contributed by atoms with Crippen molar-refractivity contribution in [3.05, 3.63) is 48.0 Å². The van der Waals surface area contributed by atoms with Crippen LogP contribution in [0, 0.1) is 0 Å². The predicted molar refractivity (Wildman–Crippen MR) is 44.4 cm³/mol. The molecule has 0 atom stereocenters. The maximum Gasteiger partial charge on any atom is 0.312 e. The Morgan fingerprint density at radius 2 is 2.20 bits per heavy atom. The molecular formula is C8H8BN. The van der Waals surface area contributed by atoms with Gasteiger partial charge in [0, 0.05) is 0 Å². The number of allylic oxidation sites excluding steroid dienone is 6. The summed E-state index contributed by atoms with van der Waals surface area (Å²) in [5.41, 5.74) is 1.34. The van der Waals surface area contributed by atoms with E-state index in [2.05, 4.69) is 35.5 Å². The molecule has 48 valence electrons. The van der Waals surface area contributed by atoms with Crippen molar-refractivity contribution < 1.29 is 0 Å². The lowest BCUT2D eigenvalue weighted by Crippen LogP contribution is -2.32. The van der Waals surface area contributed by atoms with Crippen LogP contribution in [-0.4, -0.2) is 6.85 Å². The molecule has 2 rings (SSSR count). The van der Waals surface area contributed by atoms with E-state index in [1.54, 1.807) is 0 Å². The summed E-state index contributed by atoms with van der Waals surface area (Å²) in [6.45, 7) is 0.412. The second kappa shape index (κ2) is 2.22. The molecule has 0 saturated carbocycles. The Bertz CT molecular complexity index is 248. The number of hydrogen-bond acceptors (Lipinski definition) is 1. The highest BCUT2D eigenvalue weighted by Gasteiger charge is 2.15. The van der Waals surface area contributed by atoms with Gasteiger partial charge in [-0.15, -0.1) is 0 Å². The van der Waals surface area contributed by atoms with Gasteiger partial charge in [-0.3, -0.25) is 0 Å². The van der Waals surface area contributed by atoms with Crippen LogP contribution in [0.4, 0.5) is 0 Å². The molecule has 0 bridgehead atoms. The second-order valence-electron chi connectivity index (χ2n) is 2.41. The summed E-state index contributed by atoms with van der Waals surface area (Å²) in [6, 6.07) is 0. The number of nitrogens with one attached hydrogen (secondary N) is 1. The normalized spacial score (nSPS) is 20.0. The number of rotatable bonds is 0. The predicted octanol–water partition coefficient (Wildman–Crippen LogP) is 1.23. The van der Waals surface area contributed by atoms with Gasteiger partial charge in [0.15, 0.2) is 0 Å². The van der Waals surface area contributed by atoms with Crippen molar-refractivity contribution in [3.8, 4) is 0 Å². The Hall–Kier alpha value is -1.18. The van der Waals surface area contributed by atoms with Gasteiger partial charge in [-0.05, 0) is 12.3 Å². The van der Waals surface area contributed by atoms with Crippen LogP contribution in [0.5, 0.6) is 0 Å². The van der Waals surface area contributed by atoms with Crippen LogP contribution in [0.15, 0.2) is 48.0 Å². The molecule has 0 fully saturated rings. The van der Waals surface area contributed by atoms with Gasteiger partial charge in [0.2, 0.25) is 0 Å². The van der Waals surface area contributed by atoms with Crippen LogP contribution in [0.25, 0.3) is 0 Å².